The van der Waals surface area contributed by atoms with Crippen molar-refractivity contribution in [2.75, 3.05) is 20.1 Å². The van der Waals surface area contributed by atoms with Gasteiger partial charge in [-0.25, -0.2) is 0 Å². The third kappa shape index (κ3) is 4.47. The zero-order chi connectivity index (χ0) is 9.90. The fraction of sp³-hybridized carbons (Fsp3) is 0.833. The molecule has 1 heteroatoms. The van der Waals surface area contributed by atoms with Gasteiger partial charge in [0.25, 0.3) is 0 Å². The molecule has 1 nitrogen and oxygen atoms in total. The Morgan fingerprint density at radius 2 is 2.00 bits per heavy atom. The van der Waals surface area contributed by atoms with Crippen molar-refractivity contribution in [1.29, 1.82) is 0 Å². The Bertz CT molecular complexity index is 186. The maximum atomic E-state index is 2.45. The van der Waals surface area contributed by atoms with Gasteiger partial charge >= 0.3 is 0 Å². The Hall–Kier alpha value is -0.300. The predicted octanol–water partition coefficient (Wildman–Crippen LogP) is 3.07. The van der Waals surface area contributed by atoms with E-state index in [1.54, 1.807) is 5.57 Å². The molecule has 0 amide bonds. The fourth-order valence-corrected chi connectivity index (χ4v) is 1.88. The van der Waals surface area contributed by atoms with E-state index in [-0.39, 0.29) is 0 Å². The van der Waals surface area contributed by atoms with Gasteiger partial charge in [-0.3, -0.25) is 0 Å². The highest BCUT2D eigenvalue weighted by atomic mass is 15.1. The molecule has 0 N–H and O–H groups in total. The lowest BCUT2D eigenvalue weighted by Gasteiger charge is -2.20. The minimum absolute atomic E-state index is 0.453. The van der Waals surface area contributed by atoms with E-state index in [4.69, 9.17) is 0 Å². The lowest BCUT2D eigenvalue weighted by atomic mass is 9.86. The lowest BCUT2D eigenvalue weighted by molar-refractivity contribution is 0.346. The first-order valence-electron chi connectivity index (χ1n) is 5.34. The zero-order valence-corrected chi connectivity index (χ0v) is 9.56. The minimum Gasteiger partial charge on any atom is -0.306 e. The van der Waals surface area contributed by atoms with Crippen molar-refractivity contribution in [3.05, 3.63) is 11.6 Å². The number of rotatable bonds is 1. The van der Waals surface area contributed by atoms with Gasteiger partial charge in [-0.1, -0.05) is 32.4 Å². The van der Waals surface area contributed by atoms with Crippen molar-refractivity contribution < 1.29 is 0 Å². The zero-order valence-electron chi connectivity index (χ0n) is 9.56. The average Bonchev–Trinajstić information content (AvgIpc) is 2.12. The molecule has 0 atom stereocenters. The molecule has 0 radical (unpaired) electrons. The smallest absolute Gasteiger partial charge is 0.00157 e. The molecule has 0 aliphatic carbocycles. The molecule has 1 rings (SSSR count). The van der Waals surface area contributed by atoms with E-state index in [1.165, 1.54) is 32.4 Å². The molecule has 0 saturated carbocycles. The summed E-state index contributed by atoms with van der Waals surface area (Å²) in [4.78, 5) is 2.42. The van der Waals surface area contributed by atoms with Crippen LogP contribution in [0.2, 0.25) is 0 Å². The first kappa shape index (κ1) is 10.8. The summed E-state index contributed by atoms with van der Waals surface area (Å²) in [6.45, 7) is 9.43. The van der Waals surface area contributed by atoms with E-state index < -0.39 is 0 Å². The standard InChI is InChI=1S/C12H23N/c1-12(2,3)10-11-6-5-8-13(4)9-7-11/h6H,5,7-10H2,1-4H3. The van der Waals surface area contributed by atoms with Crippen molar-refractivity contribution in [3.63, 3.8) is 0 Å². The molecule has 1 aliphatic rings. The quantitative estimate of drug-likeness (QED) is 0.562. The largest absolute Gasteiger partial charge is 0.306 e. The molecule has 76 valence electrons. The molecule has 0 saturated heterocycles. The Kier molecular flexibility index (Phi) is 3.55. The fourth-order valence-electron chi connectivity index (χ4n) is 1.88. The first-order chi connectivity index (χ1) is 5.97. The van der Waals surface area contributed by atoms with Crippen LogP contribution in [-0.2, 0) is 0 Å². The number of hydrogen-bond donors (Lipinski definition) is 0. The highest BCUT2D eigenvalue weighted by Crippen LogP contribution is 2.27. The van der Waals surface area contributed by atoms with Gasteiger partial charge in [-0.05, 0) is 31.7 Å². The van der Waals surface area contributed by atoms with Crippen molar-refractivity contribution >= 4 is 0 Å². The number of hydrogen-bond acceptors (Lipinski definition) is 1. The highest BCUT2D eigenvalue weighted by Gasteiger charge is 2.14. The molecule has 1 heterocycles. The van der Waals surface area contributed by atoms with Crippen LogP contribution in [0.25, 0.3) is 0 Å². The molecule has 0 spiro atoms. The second kappa shape index (κ2) is 4.28. The second-order valence-corrected chi connectivity index (χ2v) is 5.44. The molecule has 1 aliphatic heterocycles. The Labute approximate surface area is 82.8 Å². The van der Waals surface area contributed by atoms with Crippen LogP contribution in [0.3, 0.4) is 0 Å². The maximum absolute atomic E-state index is 2.45. The Morgan fingerprint density at radius 3 is 2.62 bits per heavy atom. The second-order valence-electron chi connectivity index (χ2n) is 5.44. The van der Waals surface area contributed by atoms with Crippen molar-refractivity contribution in [2.45, 2.75) is 40.0 Å². The van der Waals surface area contributed by atoms with Gasteiger partial charge < -0.3 is 4.90 Å². The summed E-state index contributed by atoms with van der Waals surface area (Å²) in [7, 11) is 2.22. The summed E-state index contributed by atoms with van der Waals surface area (Å²) in [6, 6.07) is 0. The van der Waals surface area contributed by atoms with E-state index in [9.17, 15) is 0 Å². The van der Waals surface area contributed by atoms with Crippen LogP contribution >= 0.6 is 0 Å². The molecular weight excluding hydrogens is 158 g/mol. The van der Waals surface area contributed by atoms with E-state index in [1.807, 2.05) is 0 Å². The summed E-state index contributed by atoms with van der Waals surface area (Å²) in [5.41, 5.74) is 2.12. The van der Waals surface area contributed by atoms with Crippen molar-refractivity contribution in [3.8, 4) is 0 Å². The number of nitrogens with zero attached hydrogens (tertiary/aromatic N) is 1. The van der Waals surface area contributed by atoms with E-state index in [0.717, 1.165) is 0 Å². The van der Waals surface area contributed by atoms with Crippen molar-refractivity contribution in [1.82, 2.24) is 4.90 Å². The summed E-state index contributed by atoms with van der Waals surface area (Å²) in [6.07, 6.45) is 6.23. The van der Waals surface area contributed by atoms with Gasteiger partial charge in [0, 0.05) is 13.1 Å². The highest BCUT2D eigenvalue weighted by molar-refractivity contribution is 5.06. The SMILES string of the molecule is CN1CCC=C(CC(C)(C)C)CC1. The van der Waals surface area contributed by atoms with Gasteiger partial charge in [0.15, 0.2) is 0 Å². The average molecular weight is 181 g/mol. The molecular formula is C12H23N. The molecule has 0 bridgehead atoms. The van der Waals surface area contributed by atoms with E-state index in [0.29, 0.717) is 5.41 Å². The summed E-state index contributed by atoms with van der Waals surface area (Å²) < 4.78 is 0. The first-order valence-corrected chi connectivity index (χ1v) is 5.34. The van der Waals surface area contributed by atoms with Crippen LogP contribution in [0.15, 0.2) is 11.6 Å². The third-order valence-electron chi connectivity index (χ3n) is 2.52. The van der Waals surface area contributed by atoms with E-state index in [2.05, 4.69) is 38.8 Å². The van der Waals surface area contributed by atoms with Gasteiger partial charge in [0.05, 0.1) is 0 Å². The summed E-state index contributed by atoms with van der Waals surface area (Å²) in [5.74, 6) is 0. The van der Waals surface area contributed by atoms with Crippen LogP contribution in [0.1, 0.15) is 40.0 Å². The van der Waals surface area contributed by atoms with Gasteiger partial charge in [-0.2, -0.15) is 0 Å². The summed E-state index contributed by atoms with van der Waals surface area (Å²) in [5, 5.41) is 0. The minimum atomic E-state index is 0.453. The molecule has 0 aromatic rings. The van der Waals surface area contributed by atoms with Crippen LogP contribution in [0, 0.1) is 5.41 Å². The molecule has 0 fully saturated rings. The van der Waals surface area contributed by atoms with Crippen molar-refractivity contribution in [2.24, 2.45) is 5.41 Å². The molecule has 0 aromatic heterocycles. The van der Waals surface area contributed by atoms with Crippen LogP contribution in [-0.4, -0.2) is 25.0 Å². The normalized spacial score (nSPS) is 21.1. The molecule has 13 heavy (non-hydrogen) atoms. The maximum Gasteiger partial charge on any atom is 0.00157 e. The van der Waals surface area contributed by atoms with Crippen LogP contribution in [0.4, 0.5) is 0 Å². The Morgan fingerprint density at radius 1 is 1.31 bits per heavy atom. The monoisotopic (exact) mass is 181 g/mol. The molecule has 0 unspecified atom stereocenters. The van der Waals surface area contributed by atoms with Crippen LogP contribution < -0.4 is 0 Å². The van der Waals surface area contributed by atoms with Crippen LogP contribution in [0.5, 0.6) is 0 Å². The van der Waals surface area contributed by atoms with Gasteiger partial charge in [0.1, 0.15) is 0 Å². The summed E-state index contributed by atoms with van der Waals surface area (Å²) >= 11 is 0. The predicted molar refractivity (Wildman–Crippen MR) is 58.9 cm³/mol. The lowest BCUT2D eigenvalue weighted by Crippen LogP contribution is -2.19. The van der Waals surface area contributed by atoms with Gasteiger partial charge in [0.2, 0.25) is 0 Å². The third-order valence-corrected chi connectivity index (χ3v) is 2.52. The molecule has 0 aromatic carbocycles. The Balaban J connectivity index is 2.46. The van der Waals surface area contributed by atoms with E-state index >= 15 is 0 Å². The van der Waals surface area contributed by atoms with Gasteiger partial charge in [-0.15, -0.1) is 0 Å². The topological polar surface area (TPSA) is 3.24 Å².